The fourth-order valence-corrected chi connectivity index (χ4v) is 4.69. The molecule has 0 aromatic heterocycles. The number of aryl methyl sites for hydroxylation is 2. The number of rotatable bonds is 3. The maximum absolute atomic E-state index is 12.8. The topological polar surface area (TPSA) is 96.0 Å². The molecule has 132 valence electrons. The van der Waals surface area contributed by atoms with Crippen molar-refractivity contribution in [3.63, 3.8) is 0 Å². The van der Waals surface area contributed by atoms with Crippen LogP contribution >= 0.6 is 12.4 Å². The van der Waals surface area contributed by atoms with Crippen molar-refractivity contribution in [3.8, 4) is 6.07 Å². The lowest BCUT2D eigenvalue weighted by Crippen LogP contribution is -2.31. The molecule has 0 saturated carbocycles. The van der Waals surface area contributed by atoms with Crippen LogP contribution < -0.4 is 10.5 Å². The highest BCUT2D eigenvalue weighted by Gasteiger charge is 2.27. The van der Waals surface area contributed by atoms with Crippen molar-refractivity contribution < 1.29 is 8.42 Å². The number of hydrogen-bond donors (Lipinski definition) is 2. The number of halogens is 1. The predicted molar refractivity (Wildman–Crippen MR) is 100.0 cm³/mol. The first kappa shape index (κ1) is 19.3. The Hall–Kier alpha value is -2.07. The summed E-state index contributed by atoms with van der Waals surface area (Å²) in [6, 6.07) is 12.0. The van der Waals surface area contributed by atoms with Crippen molar-refractivity contribution in [2.24, 2.45) is 0 Å². The van der Waals surface area contributed by atoms with E-state index in [1.54, 1.807) is 25.1 Å². The van der Waals surface area contributed by atoms with E-state index in [2.05, 4.69) is 4.72 Å². The number of fused-ring (bicyclic) bond motifs is 1. The molecule has 2 aromatic rings. The summed E-state index contributed by atoms with van der Waals surface area (Å²) >= 11 is 0. The zero-order valence-corrected chi connectivity index (χ0v) is 15.5. The van der Waals surface area contributed by atoms with Crippen LogP contribution in [0.25, 0.3) is 0 Å². The van der Waals surface area contributed by atoms with Gasteiger partial charge in [-0.1, -0.05) is 12.1 Å². The number of nitrogens with two attached hydrogens (primary N) is 1. The van der Waals surface area contributed by atoms with Crippen molar-refractivity contribution in [2.75, 3.05) is 5.73 Å². The molecule has 0 heterocycles. The highest BCUT2D eigenvalue weighted by molar-refractivity contribution is 7.89. The summed E-state index contributed by atoms with van der Waals surface area (Å²) in [5.74, 6) is 0. The van der Waals surface area contributed by atoms with Gasteiger partial charge in [-0.2, -0.15) is 5.26 Å². The van der Waals surface area contributed by atoms with Crippen LogP contribution in [0.5, 0.6) is 0 Å². The molecule has 7 heteroatoms. The monoisotopic (exact) mass is 377 g/mol. The Morgan fingerprint density at radius 2 is 2.00 bits per heavy atom. The molecular weight excluding hydrogens is 358 g/mol. The molecular formula is C18H20ClN3O2S. The van der Waals surface area contributed by atoms with Crippen LogP contribution in [0.2, 0.25) is 0 Å². The number of sulfonamides is 1. The van der Waals surface area contributed by atoms with Gasteiger partial charge in [-0.05, 0) is 67.1 Å². The van der Waals surface area contributed by atoms with Crippen molar-refractivity contribution in [1.29, 1.82) is 5.26 Å². The first-order chi connectivity index (χ1) is 11.4. The molecule has 0 fully saturated rings. The molecule has 0 radical (unpaired) electrons. The number of anilines is 1. The minimum atomic E-state index is -3.71. The molecule has 0 bridgehead atoms. The third kappa shape index (κ3) is 3.96. The van der Waals surface area contributed by atoms with Crippen LogP contribution in [0.15, 0.2) is 41.3 Å². The zero-order valence-electron chi connectivity index (χ0n) is 13.8. The second kappa shape index (κ2) is 7.44. The highest BCUT2D eigenvalue weighted by Crippen LogP contribution is 2.32. The van der Waals surface area contributed by atoms with Gasteiger partial charge >= 0.3 is 0 Å². The second-order valence-electron chi connectivity index (χ2n) is 6.12. The van der Waals surface area contributed by atoms with Crippen LogP contribution in [-0.4, -0.2) is 8.42 Å². The number of benzene rings is 2. The van der Waals surface area contributed by atoms with Crippen LogP contribution in [-0.2, 0) is 16.4 Å². The number of hydrogen-bond acceptors (Lipinski definition) is 4. The molecule has 1 unspecified atom stereocenters. The average Bonchev–Trinajstić information content (AvgIpc) is 2.54. The van der Waals surface area contributed by atoms with Crippen molar-refractivity contribution in [3.05, 3.63) is 58.7 Å². The third-order valence-corrected chi connectivity index (χ3v) is 6.00. The second-order valence-corrected chi connectivity index (χ2v) is 7.80. The molecule has 0 aliphatic heterocycles. The smallest absolute Gasteiger partial charge is 0.241 e. The van der Waals surface area contributed by atoms with Gasteiger partial charge in [0.1, 0.15) is 0 Å². The lowest BCUT2D eigenvalue weighted by molar-refractivity contribution is 0.507. The maximum atomic E-state index is 12.8. The molecule has 25 heavy (non-hydrogen) atoms. The Balaban J connectivity index is 0.00000225. The molecule has 0 spiro atoms. The number of nitrogen functional groups attached to an aromatic ring is 1. The summed E-state index contributed by atoms with van der Waals surface area (Å²) < 4.78 is 28.4. The molecule has 0 amide bonds. The highest BCUT2D eigenvalue weighted by atomic mass is 35.5. The Morgan fingerprint density at radius 3 is 2.72 bits per heavy atom. The Bertz CT molecular complexity index is 936. The minimum absolute atomic E-state index is 0. The fourth-order valence-electron chi connectivity index (χ4n) is 3.17. The van der Waals surface area contributed by atoms with Gasteiger partial charge < -0.3 is 5.73 Å². The molecule has 1 aliphatic rings. The van der Waals surface area contributed by atoms with E-state index >= 15 is 0 Å². The lowest BCUT2D eigenvalue weighted by atomic mass is 9.88. The molecule has 3 N–H and O–H groups in total. The Morgan fingerprint density at radius 1 is 1.24 bits per heavy atom. The normalized spacial score (nSPS) is 16.4. The maximum Gasteiger partial charge on any atom is 0.241 e. The summed E-state index contributed by atoms with van der Waals surface area (Å²) in [6.07, 6.45) is 2.55. The summed E-state index contributed by atoms with van der Waals surface area (Å²) in [6.45, 7) is 1.73. The van der Waals surface area contributed by atoms with Gasteiger partial charge in [0.25, 0.3) is 0 Å². The lowest BCUT2D eigenvalue weighted by Gasteiger charge is -2.26. The summed E-state index contributed by atoms with van der Waals surface area (Å²) in [5, 5.41) is 9.02. The molecule has 0 saturated heterocycles. The number of nitrogens with one attached hydrogen (secondary N) is 1. The van der Waals surface area contributed by atoms with E-state index in [9.17, 15) is 8.42 Å². The number of nitriles is 1. The Kier molecular flexibility index (Phi) is 5.73. The van der Waals surface area contributed by atoms with Crippen LogP contribution in [0.1, 0.15) is 41.1 Å². The third-order valence-electron chi connectivity index (χ3n) is 4.39. The average molecular weight is 378 g/mol. The van der Waals surface area contributed by atoms with E-state index in [0.29, 0.717) is 16.8 Å². The van der Waals surface area contributed by atoms with Gasteiger partial charge in [0, 0.05) is 11.7 Å². The summed E-state index contributed by atoms with van der Waals surface area (Å²) in [5.41, 5.74) is 9.54. The molecule has 1 atom stereocenters. The van der Waals surface area contributed by atoms with Gasteiger partial charge in [-0.15, -0.1) is 12.4 Å². The SMILES string of the molecule is Cc1ccc(C#N)cc1S(=O)(=O)NC1CCCc2cc(N)ccc21.Cl. The molecule has 3 rings (SSSR count). The Labute approximate surface area is 154 Å². The van der Waals surface area contributed by atoms with Gasteiger partial charge in [-0.3, -0.25) is 0 Å². The summed E-state index contributed by atoms with van der Waals surface area (Å²) in [4.78, 5) is 0.157. The van der Waals surface area contributed by atoms with Gasteiger partial charge in [0.15, 0.2) is 0 Å². The standard InChI is InChI=1S/C18H19N3O2S.ClH/c1-12-5-6-13(11-19)9-18(12)24(22,23)21-17-4-2-3-14-10-15(20)7-8-16(14)17;/h5-10,17,21H,2-4,20H2,1H3;1H. The van der Waals surface area contributed by atoms with Gasteiger partial charge in [0.05, 0.1) is 16.5 Å². The van der Waals surface area contributed by atoms with E-state index in [-0.39, 0.29) is 23.3 Å². The van der Waals surface area contributed by atoms with Crippen molar-refractivity contribution >= 4 is 28.1 Å². The van der Waals surface area contributed by atoms with Crippen LogP contribution in [0.3, 0.4) is 0 Å². The zero-order chi connectivity index (χ0) is 17.3. The van der Waals surface area contributed by atoms with Crippen LogP contribution in [0, 0.1) is 18.3 Å². The van der Waals surface area contributed by atoms with E-state index in [1.807, 2.05) is 18.2 Å². The molecule has 1 aliphatic carbocycles. The van der Waals surface area contributed by atoms with Crippen LogP contribution in [0.4, 0.5) is 5.69 Å². The molecule has 2 aromatic carbocycles. The molecule has 5 nitrogen and oxygen atoms in total. The fraction of sp³-hybridized carbons (Fsp3) is 0.278. The van der Waals surface area contributed by atoms with E-state index in [0.717, 1.165) is 30.4 Å². The van der Waals surface area contributed by atoms with E-state index < -0.39 is 10.0 Å². The largest absolute Gasteiger partial charge is 0.399 e. The van der Waals surface area contributed by atoms with Gasteiger partial charge in [0.2, 0.25) is 10.0 Å². The van der Waals surface area contributed by atoms with E-state index in [1.165, 1.54) is 6.07 Å². The van der Waals surface area contributed by atoms with Gasteiger partial charge in [-0.25, -0.2) is 13.1 Å². The van der Waals surface area contributed by atoms with Crippen molar-refractivity contribution in [1.82, 2.24) is 4.72 Å². The summed E-state index contributed by atoms with van der Waals surface area (Å²) in [7, 11) is -3.71. The predicted octanol–water partition coefficient (Wildman–Crippen LogP) is 3.23. The number of nitrogens with zero attached hydrogens (tertiary/aromatic N) is 1. The quantitative estimate of drug-likeness (QED) is 0.802. The first-order valence-corrected chi connectivity index (χ1v) is 9.30. The first-order valence-electron chi connectivity index (χ1n) is 7.82. The van der Waals surface area contributed by atoms with E-state index in [4.69, 9.17) is 11.0 Å². The van der Waals surface area contributed by atoms with Crippen molar-refractivity contribution in [2.45, 2.75) is 37.1 Å². The minimum Gasteiger partial charge on any atom is -0.399 e.